The molecule has 0 aromatic carbocycles. The molecule has 1 rings (SSSR count). The zero-order chi connectivity index (χ0) is 10.4. The van der Waals surface area contributed by atoms with Crippen LogP contribution in [0.4, 0.5) is 0 Å². The minimum Gasteiger partial charge on any atom is -0.395 e. The molecule has 4 heteroatoms. The number of aliphatic hydroxyl groups excluding tert-OH is 1. The van der Waals surface area contributed by atoms with Gasteiger partial charge in [-0.1, -0.05) is 20.3 Å². The van der Waals surface area contributed by atoms with Crippen LogP contribution in [-0.4, -0.2) is 28.0 Å². The first-order valence-electron chi connectivity index (χ1n) is 5.10. The molecule has 0 spiro atoms. The number of H-pyrrole nitrogens is 1. The zero-order valence-corrected chi connectivity index (χ0v) is 8.83. The largest absolute Gasteiger partial charge is 0.395 e. The number of nitrogens with zero attached hydrogens (tertiary/aromatic N) is 1. The predicted molar refractivity (Wildman–Crippen MR) is 55.8 cm³/mol. The lowest BCUT2D eigenvalue weighted by Gasteiger charge is -2.21. The highest BCUT2D eigenvalue weighted by Gasteiger charge is 2.13. The Balaban J connectivity index is 2.34. The van der Waals surface area contributed by atoms with E-state index in [0.29, 0.717) is 5.92 Å². The van der Waals surface area contributed by atoms with Gasteiger partial charge in [0, 0.05) is 24.5 Å². The molecule has 0 bridgehead atoms. The first-order valence-corrected chi connectivity index (χ1v) is 5.10. The Morgan fingerprint density at radius 1 is 1.64 bits per heavy atom. The molecule has 1 aromatic heterocycles. The van der Waals surface area contributed by atoms with Crippen molar-refractivity contribution in [2.45, 2.75) is 32.9 Å². The topological polar surface area (TPSA) is 60.9 Å². The van der Waals surface area contributed by atoms with E-state index < -0.39 is 0 Å². The van der Waals surface area contributed by atoms with E-state index in [2.05, 4.69) is 29.4 Å². The van der Waals surface area contributed by atoms with E-state index in [1.54, 1.807) is 6.20 Å². The van der Waals surface area contributed by atoms with Crippen LogP contribution in [-0.2, 0) is 6.54 Å². The van der Waals surface area contributed by atoms with Crippen LogP contribution in [0.3, 0.4) is 0 Å². The standard InChI is InChI=1S/C10H19N3O/c1-3-8(2)10(7-14)11-6-9-4-5-12-13-9/h4-5,8,10-11,14H,3,6-7H2,1-2H3,(H,12,13). The second kappa shape index (κ2) is 5.78. The highest BCUT2D eigenvalue weighted by atomic mass is 16.3. The van der Waals surface area contributed by atoms with E-state index in [4.69, 9.17) is 5.11 Å². The summed E-state index contributed by atoms with van der Waals surface area (Å²) in [5.41, 5.74) is 1.05. The average molecular weight is 197 g/mol. The molecule has 0 aliphatic carbocycles. The number of aromatic amines is 1. The van der Waals surface area contributed by atoms with Gasteiger partial charge in [-0.25, -0.2) is 0 Å². The molecule has 1 aromatic rings. The highest BCUT2D eigenvalue weighted by Crippen LogP contribution is 2.07. The molecule has 0 radical (unpaired) electrons. The van der Waals surface area contributed by atoms with Crippen LogP contribution in [0.25, 0.3) is 0 Å². The number of hydrogen-bond donors (Lipinski definition) is 3. The van der Waals surface area contributed by atoms with Crippen molar-refractivity contribution in [1.82, 2.24) is 15.5 Å². The fraction of sp³-hybridized carbons (Fsp3) is 0.700. The van der Waals surface area contributed by atoms with E-state index in [-0.39, 0.29) is 12.6 Å². The zero-order valence-electron chi connectivity index (χ0n) is 8.83. The van der Waals surface area contributed by atoms with Gasteiger partial charge in [-0.2, -0.15) is 5.10 Å². The first kappa shape index (κ1) is 11.2. The molecule has 2 atom stereocenters. The lowest BCUT2D eigenvalue weighted by molar-refractivity contribution is 0.200. The molecular weight excluding hydrogens is 178 g/mol. The third-order valence-electron chi connectivity index (χ3n) is 2.64. The molecule has 0 aliphatic heterocycles. The van der Waals surface area contributed by atoms with Crippen LogP contribution in [0.2, 0.25) is 0 Å². The molecule has 4 nitrogen and oxygen atoms in total. The van der Waals surface area contributed by atoms with Gasteiger partial charge in [-0.05, 0) is 12.0 Å². The van der Waals surface area contributed by atoms with E-state index in [1.807, 2.05) is 6.07 Å². The Bertz CT molecular complexity index is 236. The van der Waals surface area contributed by atoms with Gasteiger partial charge in [-0.15, -0.1) is 0 Å². The van der Waals surface area contributed by atoms with E-state index in [1.165, 1.54) is 0 Å². The monoisotopic (exact) mass is 197 g/mol. The van der Waals surface area contributed by atoms with Crippen LogP contribution >= 0.6 is 0 Å². The van der Waals surface area contributed by atoms with Gasteiger partial charge in [0.15, 0.2) is 0 Å². The Morgan fingerprint density at radius 3 is 2.93 bits per heavy atom. The van der Waals surface area contributed by atoms with Crippen molar-refractivity contribution >= 4 is 0 Å². The fourth-order valence-electron chi connectivity index (χ4n) is 1.35. The average Bonchev–Trinajstić information content (AvgIpc) is 2.71. The van der Waals surface area contributed by atoms with E-state index in [0.717, 1.165) is 18.7 Å². The summed E-state index contributed by atoms with van der Waals surface area (Å²) in [7, 11) is 0. The van der Waals surface area contributed by atoms with Crippen molar-refractivity contribution in [3.05, 3.63) is 18.0 Å². The molecule has 0 aliphatic rings. The summed E-state index contributed by atoms with van der Waals surface area (Å²) < 4.78 is 0. The number of nitrogens with one attached hydrogen (secondary N) is 2. The second-order valence-corrected chi connectivity index (χ2v) is 3.64. The van der Waals surface area contributed by atoms with Crippen molar-refractivity contribution in [3.63, 3.8) is 0 Å². The maximum absolute atomic E-state index is 9.17. The first-order chi connectivity index (χ1) is 6.77. The number of hydrogen-bond acceptors (Lipinski definition) is 3. The third-order valence-corrected chi connectivity index (χ3v) is 2.64. The van der Waals surface area contributed by atoms with Crippen molar-refractivity contribution < 1.29 is 5.11 Å². The highest BCUT2D eigenvalue weighted by molar-refractivity contribution is 4.97. The third kappa shape index (κ3) is 3.12. The molecule has 14 heavy (non-hydrogen) atoms. The van der Waals surface area contributed by atoms with Crippen LogP contribution in [0.1, 0.15) is 26.0 Å². The quantitative estimate of drug-likeness (QED) is 0.635. The van der Waals surface area contributed by atoms with Crippen molar-refractivity contribution in [2.24, 2.45) is 5.92 Å². The lowest BCUT2D eigenvalue weighted by atomic mass is 10.00. The van der Waals surface area contributed by atoms with Crippen molar-refractivity contribution in [3.8, 4) is 0 Å². The molecular formula is C10H19N3O. The second-order valence-electron chi connectivity index (χ2n) is 3.64. The van der Waals surface area contributed by atoms with Crippen LogP contribution in [0.15, 0.2) is 12.3 Å². The smallest absolute Gasteiger partial charge is 0.0587 e. The van der Waals surface area contributed by atoms with Gasteiger partial charge in [-0.3, -0.25) is 5.10 Å². The van der Waals surface area contributed by atoms with Crippen LogP contribution < -0.4 is 5.32 Å². The predicted octanol–water partition coefficient (Wildman–Crippen LogP) is 0.906. The molecule has 0 fully saturated rings. The van der Waals surface area contributed by atoms with Gasteiger partial charge in [0.05, 0.1) is 6.61 Å². The minimum absolute atomic E-state index is 0.170. The SMILES string of the molecule is CCC(C)C(CO)NCc1ccn[nH]1. The summed E-state index contributed by atoms with van der Waals surface area (Å²) in [4.78, 5) is 0. The number of aliphatic hydroxyl groups is 1. The van der Waals surface area contributed by atoms with Gasteiger partial charge in [0.25, 0.3) is 0 Å². The summed E-state index contributed by atoms with van der Waals surface area (Å²) >= 11 is 0. The summed E-state index contributed by atoms with van der Waals surface area (Å²) in [5.74, 6) is 0.489. The Morgan fingerprint density at radius 2 is 2.43 bits per heavy atom. The Kier molecular flexibility index (Phi) is 4.62. The fourth-order valence-corrected chi connectivity index (χ4v) is 1.35. The van der Waals surface area contributed by atoms with Crippen LogP contribution in [0, 0.1) is 5.92 Å². The maximum atomic E-state index is 9.17. The van der Waals surface area contributed by atoms with Crippen molar-refractivity contribution in [1.29, 1.82) is 0 Å². The molecule has 2 unspecified atom stereocenters. The number of aromatic nitrogens is 2. The Hall–Kier alpha value is -0.870. The molecule has 80 valence electrons. The van der Waals surface area contributed by atoms with Gasteiger partial charge < -0.3 is 10.4 Å². The lowest BCUT2D eigenvalue weighted by Crippen LogP contribution is -2.37. The molecule has 1 heterocycles. The molecule has 0 amide bonds. The van der Waals surface area contributed by atoms with Gasteiger partial charge in [0.1, 0.15) is 0 Å². The summed E-state index contributed by atoms with van der Waals surface area (Å²) in [6.45, 7) is 5.19. The summed E-state index contributed by atoms with van der Waals surface area (Å²) in [5, 5.41) is 19.2. The normalized spacial score (nSPS) is 15.4. The van der Waals surface area contributed by atoms with E-state index >= 15 is 0 Å². The minimum atomic E-state index is 0.170. The maximum Gasteiger partial charge on any atom is 0.0587 e. The molecule has 3 N–H and O–H groups in total. The van der Waals surface area contributed by atoms with Gasteiger partial charge >= 0.3 is 0 Å². The molecule has 0 saturated carbocycles. The summed E-state index contributed by atoms with van der Waals surface area (Å²) in [6, 6.07) is 2.10. The van der Waals surface area contributed by atoms with Gasteiger partial charge in [0.2, 0.25) is 0 Å². The van der Waals surface area contributed by atoms with Crippen molar-refractivity contribution in [2.75, 3.05) is 6.61 Å². The Labute approximate surface area is 84.7 Å². The van der Waals surface area contributed by atoms with Crippen LogP contribution in [0.5, 0.6) is 0 Å². The summed E-state index contributed by atoms with van der Waals surface area (Å²) in [6.07, 6.45) is 2.80. The van der Waals surface area contributed by atoms with E-state index in [9.17, 15) is 0 Å². The molecule has 0 saturated heterocycles. The number of rotatable bonds is 6.